The molecule has 53 heavy (non-hydrogen) atoms. The summed E-state index contributed by atoms with van der Waals surface area (Å²) in [6.07, 6.45) is 9.56. The van der Waals surface area contributed by atoms with Gasteiger partial charge in [0.2, 0.25) is 12.7 Å². The van der Waals surface area contributed by atoms with Gasteiger partial charge in [0.25, 0.3) is 0 Å². The van der Waals surface area contributed by atoms with Crippen molar-refractivity contribution in [2.45, 2.75) is 75.6 Å². The summed E-state index contributed by atoms with van der Waals surface area (Å²) in [5.41, 5.74) is 0. The Morgan fingerprint density at radius 3 is 1.06 bits per heavy atom. The van der Waals surface area contributed by atoms with Gasteiger partial charge in [-0.05, 0) is 12.8 Å². The van der Waals surface area contributed by atoms with Gasteiger partial charge in [0, 0.05) is 73.2 Å². The van der Waals surface area contributed by atoms with E-state index in [9.17, 15) is 30.6 Å². The maximum atomic E-state index is 9.71. The summed E-state index contributed by atoms with van der Waals surface area (Å²) in [4.78, 5) is 3.93. The lowest BCUT2D eigenvalue weighted by atomic mass is 10.2. The third-order valence-electron chi connectivity index (χ3n) is 7.06. The standard InChI is InChI=1S/2C15H27Cl3N3O3.H2O4S/c2*16-6-13(22)9-20(10-14(23)7-17)3-1-2-19-4-5-21(12-19)11-15(24)8-18;1-5(2,3)4/h2*4-5,12-15,22-24H,1-3,6-11H2;(H2,1,2,3,4)/q2*+1;/p-2. The van der Waals surface area contributed by atoms with Crippen LogP contribution in [0.5, 0.6) is 0 Å². The van der Waals surface area contributed by atoms with E-state index in [0.717, 1.165) is 25.9 Å². The summed E-state index contributed by atoms with van der Waals surface area (Å²) < 4.78 is 41.9. The smallest absolute Gasteiger partial charge is 0.243 e. The molecule has 0 aliphatic heterocycles. The summed E-state index contributed by atoms with van der Waals surface area (Å²) in [6.45, 7) is 5.56. The van der Waals surface area contributed by atoms with Crippen LogP contribution in [0.3, 0.4) is 0 Å². The van der Waals surface area contributed by atoms with Crippen molar-refractivity contribution in [3.8, 4) is 0 Å². The molecule has 6 atom stereocenters. The Morgan fingerprint density at radius 1 is 0.547 bits per heavy atom. The van der Waals surface area contributed by atoms with Crippen molar-refractivity contribution in [2.75, 3.05) is 74.5 Å². The maximum Gasteiger partial charge on any atom is 0.243 e. The van der Waals surface area contributed by atoms with E-state index in [1.54, 1.807) is 0 Å². The number of nitrogens with zero attached hydrogens (tertiary/aromatic N) is 6. The lowest BCUT2D eigenvalue weighted by molar-refractivity contribution is -0.702. The molecule has 0 saturated heterocycles. The highest BCUT2D eigenvalue weighted by Gasteiger charge is 2.17. The van der Waals surface area contributed by atoms with Gasteiger partial charge in [-0.1, -0.05) is 0 Å². The molecule has 6 unspecified atom stereocenters. The molecule has 0 fully saturated rings. The van der Waals surface area contributed by atoms with E-state index in [4.69, 9.17) is 87.1 Å². The van der Waals surface area contributed by atoms with E-state index < -0.39 is 47.0 Å². The van der Waals surface area contributed by atoms with Crippen molar-refractivity contribution in [1.29, 1.82) is 0 Å². The van der Waals surface area contributed by atoms with Gasteiger partial charge in [-0.15, -0.1) is 69.6 Å². The van der Waals surface area contributed by atoms with Crippen LogP contribution in [0.4, 0.5) is 0 Å². The van der Waals surface area contributed by atoms with Crippen LogP contribution in [0.15, 0.2) is 37.4 Å². The molecular weight excluding hydrogens is 849 g/mol. The Labute approximate surface area is 342 Å². The first kappa shape index (κ1) is 52.7. The molecule has 0 amide bonds. The highest BCUT2D eigenvalue weighted by Crippen LogP contribution is 2.04. The Kier molecular flexibility index (Phi) is 30.6. The Hall–Kier alpha value is -0.290. The van der Waals surface area contributed by atoms with Crippen LogP contribution < -0.4 is 9.13 Å². The van der Waals surface area contributed by atoms with Crippen molar-refractivity contribution < 1.29 is 57.3 Å². The van der Waals surface area contributed by atoms with Gasteiger partial charge >= 0.3 is 0 Å². The normalized spacial score (nSPS) is 15.2. The van der Waals surface area contributed by atoms with Gasteiger partial charge in [-0.2, -0.15) is 0 Å². The number of aryl methyl sites for hydroxylation is 2. The predicted octanol–water partition coefficient (Wildman–Crippen LogP) is -0.804. The molecule has 2 aromatic rings. The highest BCUT2D eigenvalue weighted by atomic mass is 35.5. The molecule has 6 N–H and O–H groups in total. The van der Waals surface area contributed by atoms with Crippen molar-refractivity contribution in [2.24, 2.45) is 0 Å². The second-order valence-electron chi connectivity index (χ2n) is 12.2. The number of alkyl halides is 6. The van der Waals surface area contributed by atoms with Crippen LogP contribution in [-0.4, -0.2) is 178 Å². The number of hydrogen-bond acceptors (Lipinski definition) is 12. The van der Waals surface area contributed by atoms with Gasteiger partial charge in [0.15, 0.2) is 0 Å². The number of aromatic nitrogens is 4. The zero-order chi connectivity index (χ0) is 40.4. The first-order chi connectivity index (χ1) is 25.0. The summed E-state index contributed by atoms with van der Waals surface area (Å²) in [5.74, 6) is 1.06. The lowest BCUT2D eigenvalue weighted by Gasteiger charge is -2.25. The van der Waals surface area contributed by atoms with Crippen LogP contribution in [0, 0.1) is 0 Å². The molecule has 0 saturated carbocycles. The molecular formula is C30H54Cl6N6O10S. The number of hydrogen-bond donors (Lipinski definition) is 6. The van der Waals surface area contributed by atoms with Gasteiger partial charge in [-0.3, -0.25) is 18.2 Å². The van der Waals surface area contributed by atoms with E-state index in [0.29, 0.717) is 52.4 Å². The van der Waals surface area contributed by atoms with Crippen LogP contribution in [0.1, 0.15) is 12.8 Å². The summed E-state index contributed by atoms with van der Waals surface area (Å²) in [7, 11) is -5.17. The van der Waals surface area contributed by atoms with E-state index in [2.05, 4.69) is 0 Å². The third-order valence-corrected chi connectivity index (χ3v) is 9.20. The molecule has 0 aliphatic rings. The van der Waals surface area contributed by atoms with E-state index in [-0.39, 0.29) is 35.3 Å². The number of aliphatic hydroxyl groups excluding tert-OH is 6. The molecule has 0 aliphatic carbocycles. The van der Waals surface area contributed by atoms with Crippen molar-refractivity contribution in [3.63, 3.8) is 0 Å². The van der Waals surface area contributed by atoms with Crippen molar-refractivity contribution >= 4 is 80.0 Å². The van der Waals surface area contributed by atoms with E-state index in [1.807, 2.05) is 65.5 Å². The van der Waals surface area contributed by atoms with Gasteiger partial charge in [-0.25, -0.2) is 18.3 Å². The molecule has 0 bridgehead atoms. The Morgan fingerprint density at radius 2 is 0.811 bits per heavy atom. The fraction of sp³-hybridized carbons (Fsp3) is 0.800. The largest absolute Gasteiger partial charge is 0.759 e. The molecule has 2 heterocycles. The SMILES string of the molecule is O=S(=O)([O-])[O-].OC(CCl)CN(CCCn1cc[n+](CC(O)CCl)c1)CC(O)CCl.OC(CCl)CN(CCCn1cc[n+](CC(O)CCl)c1)CC(O)CCl. The summed E-state index contributed by atoms with van der Waals surface area (Å²) in [5, 5.41) is 57.9. The zero-order valence-corrected chi connectivity index (χ0v) is 34.7. The Balaban J connectivity index is 0.000000904. The number of halogens is 6. The number of imidazole rings is 2. The molecule has 23 heteroatoms. The first-order valence-corrected chi connectivity index (χ1v) is 21.2. The van der Waals surface area contributed by atoms with Gasteiger partial charge in [0.1, 0.15) is 50.1 Å². The molecule has 2 aromatic heterocycles. The quantitative estimate of drug-likeness (QED) is 0.0296. The molecule has 2 rings (SSSR count). The topological polar surface area (TPSA) is 226 Å². The third kappa shape index (κ3) is 29.6. The summed E-state index contributed by atoms with van der Waals surface area (Å²) in [6, 6.07) is 0. The van der Waals surface area contributed by atoms with Crippen LogP contribution in [0.25, 0.3) is 0 Å². The summed E-state index contributed by atoms with van der Waals surface area (Å²) >= 11 is 33.8. The second-order valence-corrected chi connectivity index (χ2v) is 14.8. The highest BCUT2D eigenvalue weighted by molar-refractivity contribution is 7.79. The maximum absolute atomic E-state index is 9.71. The average Bonchev–Trinajstić information content (AvgIpc) is 3.75. The zero-order valence-electron chi connectivity index (χ0n) is 29.3. The van der Waals surface area contributed by atoms with Crippen molar-refractivity contribution in [1.82, 2.24) is 18.9 Å². The second kappa shape index (κ2) is 30.8. The minimum absolute atomic E-state index is 0.161. The van der Waals surface area contributed by atoms with Crippen molar-refractivity contribution in [3.05, 3.63) is 37.4 Å². The predicted molar refractivity (Wildman–Crippen MR) is 202 cm³/mol. The van der Waals surface area contributed by atoms with Gasteiger partial charge < -0.3 is 39.7 Å². The van der Waals surface area contributed by atoms with Crippen LogP contribution in [-0.2, 0) is 36.6 Å². The molecule has 16 nitrogen and oxygen atoms in total. The molecule has 0 radical (unpaired) electrons. The average molecular weight is 904 g/mol. The fourth-order valence-electron chi connectivity index (χ4n) is 4.80. The fourth-order valence-corrected chi connectivity index (χ4v) is 5.38. The molecule has 0 spiro atoms. The lowest BCUT2D eigenvalue weighted by Crippen LogP contribution is -2.40. The Bertz CT molecular complexity index is 1180. The van der Waals surface area contributed by atoms with E-state index in [1.165, 1.54) is 0 Å². The number of rotatable bonds is 26. The molecule has 312 valence electrons. The molecule has 0 aromatic carbocycles. The number of aliphatic hydroxyl groups is 6. The van der Waals surface area contributed by atoms with Crippen LogP contribution in [0.2, 0.25) is 0 Å². The van der Waals surface area contributed by atoms with E-state index >= 15 is 0 Å². The monoisotopic (exact) mass is 900 g/mol. The minimum Gasteiger partial charge on any atom is -0.759 e. The first-order valence-electron chi connectivity index (χ1n) is 16.6. The minimum atomic E-state index is -5.17. The van der Waals surface area contributed by atoms with Gasteiger partial charge in [0.05, 0.1) is 49.3 Å². The van der Waals surface area contributed by atoms with Crippen LogP contribution >= 0.6 is 69.6 Å².